The van der Waals surface area contributed by atoms with Crippen molar-refractivity contribution in [3.05, 3.63) is 42.8 Å². The maximum absolute atomic E-state index is 6.94. The third-order valence-corrected chi connectivity index (χ3v) is 1.05. The van der Waals surface area contributed by atoms with E-state index < -0.39 is 0 Å². The van der Waals surface area contributed by atoms with Crippen molar-refractivity contribution in [1.82, 2.24) is 0 Å². The molecule has 1 aromatic carbocycles. The lowest BCUT2D eigenvalue weighted by Crippen LogP contribution is -1.74. The third-order valence-electron chi connectivity index (χ3n) is 1.05. The fraction of sp³-hybridized carbons (Fsp3) is 0.125. The van der Waals surface area contributed by atoms with Gasteiger partial charge in [0.05, 0.1) is 0 Å². The first-order valence-electron chi connectivity index (χ1n) is 2.62. The number of benzene rings is 1. The van der Waals surface area contributed by atoms with Crippen molar-refractivity contribution in [2.75, 3.05) is 0 Å². The van der Waals surface area contributed by atoms with Crippen LogP contribution < -0.4 is 0 Å². The quantitative estimate of drug-likeness (QED) is 0.714. The molecule has 0 spiro atoms. The Bertz CT molecular complexity index is 152. The molecule has 0 fully saturated rings. The standard InChI is InChI=1S/C8H7.4ClH/c1-2-8-6-4-3-5-7-8;;;;/h3-7H,2H2;4*1H. The Labute approximate surface area is 98.8 Å². The zero-order valence-corrected chi connectivity index (χ0v) is 9.49. The summed E-state index contributed by atoms with van der Waals surface area (Å²) >= 11 is 0. The van der Waals surface area contributed by atoms with Gasteiger partial charge in [0.2, 0.25) is 0 Å². The molecule has 1 aromatic rings. The Hall–Kier alpha value is 0.380. The highest BCUT2D eigenvalue weighted by molar-refractivity contribution is 5.86. The van der Waals surface area contributed by atoms with E-state index in [0.29, 0.717) is 6.42 Å². The molecule has 71 valence electrons. The Balaban J connectivity index is -0.0000000800. The summed E-state index contributed by atoms with van der Waals surface area (Å²) in [5.41, 5.74) is 1.08. The Morgan fingerprint density at radius 1 is 0.833 bits per heavy atom. The van der Waals surface area contributed by atoms with Crippen LogP contribution in [0.1, 0.15) is 5.56 Å². The molecule has 0 nitrogen and oxygen atoms in total. The zero-order chi connectivity index (χ0) is 5.82. The van der Waals surface area contributed by atoms with Gasteiger partial charge in [0.25, 0.3) is 0 Å². The summed E-state index contributed by atoms with van der Waals surface area (Å²) in [5, 5.41) is 0. The molecule has 0 aliphatic carbocycles. The SMILES string of the molecule is Cl.Cl.Cl.Cl.[C]Cc1ccccc1. The number of halogens is 4. The second-order valence-electron chi connectivity index (χ2n) is 1.66. The van der Waals surface area contributed by atoms with Gasteiger partial charge in [-0.1, -0.05) is 30.3 Å². The summed E-state index contributed by atoms with van der Waals surface area (Å²) in [4.78, 5) is 0. The minimum atomic E-state index is 0. The van der Waals surface area contributed by atoms with Gasteiger partial charge < -0.3 is 0 Å². The molecule has 0 aromatic heterocycles. The van der Waals surface area contributed by atoms with Crippen molar-refractivity contribution < 1.29 is 0 Å². The van der Waals surface area contributed by atoms with E-state index in [9.17, 15) is 0 Å². The Morgan fingerprint density at radius 2 is 1.25 bits per heavy atom. The molecule has 0 aliphatic rings. The monoisotopic (exact) mass is 247 g/mol. The molecule has 0 aliphatic heterocycles. The molecule has 0 saturated carbocycles. The highest BCUT2D eigenvalue weighted by Crippen LogP contribution is 1.96. The minimum Gasteiger partial charge on any atom is -0.147 e. The minimum absolute atomic E-state index is 0. The molecular formula is C8H11Cl4. The molecule has 0 amide bonds. The first-order valence-corrected chi connectivity index (χ1v) is 2.62. The van der Waals surface area contributed by atoms with Crippen LogP contribution in [0.25, 0.3) is 0 Å². The van der Waals surface area contributed by atoms with Gasteiger partial charge in [-0.2, -0.15) is 0 Å². The summed E-state index contributed by atoms with van der Waals surface area (Å²) < 4.78 is 0. The average molecular weight is 249 g/mol. The lowest BCUT2D eigenvalue weighted by Gasteiger charge is -1.89. The lowest BCUT2D eigenvalue weighted by molar-refractivity contribution is 1.27. The molecule has 12 heavy (non-hydrogen) atoms. The highest BCUT2D eigenvalue weighted by atomic mass is 35.5. The molecular weight excluding hydrogens is 238 g/mol. The molecule has 0 N–H and O–H groups in total. The predicted molar refractivity (Wildman–Crippen MR) is 62.4 cm³/mol. The number of hydrogen-bond donors (Lipinski definition) is 0. The van der Waals surface area contributed by atoms with Gasteiger partial charge in [-0.05, 0) is 18.9 Å². The maximum atomic E-state index is 6.94. The fourth-order valence-electron chi connectivity index (χ4n) is 0.596. The smallest absolute Gasteiger partial charge is 0.00430 e. The van der Waals surface area contributed by atoms with Gasteiger partial charge in [-0.15, -0.1) is 49.6 Å². The molecule has 4 heteroatoms. The van der Waals surface area contributed by atoms with Crippen LogP contribution in [0, 0.1) is 6.92 Å². The van der Waals surface area contributed by atoms with Crippen LogP contribution >= 0.6 is 49.6 Å². The van der Waals surface area contributed by atoms with Crippen LogP contribution in [0.4, 0.5) is 0 Å². The summed E-state index contributed by atoms with van der Waals surface area (Å²) in [6.07, 6.45) is 0.390. The van der Waals surface area contributed by atoms with Crippen molar-refractivity contribution in [3.8, 4) is 0 Å². The Kier molecular flexibility index (Phi) is 26.5. The maximum Gasteiger partial charge on any atom is -0.00430 e. The topological polar surface area (TPSA) is 0 Å². The van der Waals surface area contributed by atoms with Crippen LogP contribution in [0.5, 0.6) is 0 Å². The van der Waals surface area contributed by atoms with Gasteiger partial charge >= 0.3 is 0 Å². The van der Waals surface area contributed by atoms with E-state index >= 15 is 0 Å². The van der Waals surface area contributed by atoms with E-state index in [1.54, 1.807) is 0 Å². The average Bonchev–Trinajstić information content (AvgIpc) is 1.90. The summed E-state index contributed by atoms with van der Waals surface area (Å²) in [5.74, 6) is 0. The van der Waals surface area contributed by atoms with Crippen molar-refractivity contribution >= 4 is 49.6 Å². The molecule has 0 bridgehead atoms. The van der Waals surface area contributed by atoms with Gasteiger partial charge in [0.15, 0.2) is 0 Å². The van der Waals surface area contributed by atoms with Crippen molar-refractivity contribution in [1.29, 1.82) is 0 Å². The summed E-state index contributed by atoms with van der Waals surface area (Å²) in [6, 6.07) is 9.76. The van der Waals surface area contributed by atoms with Gasteiger partial charge in [-0.25, -0.2) is 0 Å². The lowest BCUT2D eigenvalue weighted by atomic mass is 10.2. The van der Waals surface area contributed by atoms with Crippen molar-refractivity contribution in [2.45, 2.75) is 6.42 Å². The molecule has 0 atom stereocenters. The van der Waals surface area contributed by atoms with Crippen molar-refractivity contribution in [2.24, 2.45) is 0 Å². The second-order valence-corrected chi connectivity index (χ2v) is 1.66. The van der Waals surface area contributed by atoms with E-state index in [-0.39, 0.29) is 49.6 Å². The highest BCUT2D eigenvalue weighted by Gasteiger charge is 1.80. The third kappa shape index (κ3) is 8.48. The van der Waals surface area contributed by atoms with Crippen LogP contribution in [-0.2, 0) is 6.42 Å². The molecule has 1 rings (SSSR count). The first kappa shape index (κ1) is 22.8. The van der Waals surface area contributed by atoms with Crippen LogP contribution in [0.3, 0.4) is 0 Å². The van der Waals surface area contributed by atoms with Gasteiger partial charge in [0.1, 0.15) is 0 Å². The predicted octanol–water partition coefficient (Wildman–Crippen LogP) is 3.50. The number of hydrogen-bond acceptors (Lipinski definition) is 0. The largest absolute Gasteiger partial charge is 0.147 e. The van der Waals surface area contributed by atoms with Gasteiger partial charge in [0, 0.05) is 0 Å². The summed E-state index contributed by atoms with van der Waals surface area (Å²) in [7, 11) is 0. The Morgan fingerprint density at radius 3 is 1.50 bits per heavy atom. The van der Waals surface area contributed by atoms with Crippen molar-refractivity contribution in [3.63, 3.8) is 0 Å². The van der Waals surface area contributed by atoms with Crippen LogP contribution in [0.2, 0.25) is 0 Å². The molecule has 3 radical (unpaired) electrons. The van der Waals surface area contributed by atoms with E-state index in [4.69, 9.17) is 6.92 Å². The molecule has 0 saturated heterocycles. The molecule has 0 unspecified atom stereocenters. The van der Waals surface area contributed by atoms with E-state index in [2.05, 4.69) is 0 Å². The van der Waals surface area contributed by atoms with E-state index in [1.807, 2.05) is 30.3 Å². The second kappa shape index (κ2) is 13.9. The van der Waals surface area contributed by atoms with Crippen LogP contribution in [-0.4, -0.2) is 0 Å². The zero-order valence-electron chi connectivity index (χ0n) is 6.23. The molecule has 0 heterocycles. The van der Waals surface area contributed by atoms with Crippen LogP contribution in [0.15, 0.2) is 30.3 Å². The summed E-state index contributed by atoms with van der Waals surface area (Å²) in [6.45, 7) is 6.94. The van der Waals surface area contributed by atoms with E-state index in [0.717, 1.165) is 5.56 Å². The normalized spacial score (nSPS) is 6.08. The number of rotatable bonds is 1. The van der Waals surface area contributed by atoms with E-state index in [1.165, 1.54) is 0 Å². The van der Waals surface area contributed by atoms with Gasteiger partial charge in [-0.3, -0.25) is 0 Å². The first-order chi connectivity index (χ1) is 3.93. The fourth-order valence-corrected chi connectivity index (χ4v) is 0.596.